The van der Waals surface area contributed by atoms with Crippen LogP contribution in [-0.2, 0) is 4.79 Å². The first-order valence-corrected chi connectivity index (χ1v) is 8.95. The number of halogens is 4. The van der Waals surface area contributed by atoms with Crippen LogP contribution in [0.2, 0.25) is 0 Å². The van der Waals surface area contributed by atoms with Crippen molar-refractivity contribution in [2.45, 2.75) is 31.4 Å². The first kappa shape index (κ1) is 19.1. The van der Waals surface area contributed by atoms with Gasteiger partial charge in [-0.2, -0.15) is 14.0 Å². The number of anilines is 1. The van der Waals surface area contributed by atoms with Crippen LogP contribution in [0.3, 0.4) is 0 Å². The van der Waals surface area contributed by atoms with E-state index in [1.54, 1.807) is 11.0 Å². The first-order valence-electron chi connectivity index (χ1n) is 8.95. The fraction of sp³-hybridized carbons (Fsp3) is 0.300. The van der Waals surface area contributed by atoms with Crippen LogP contribution in [0.4, 0.5) is 23.2 Å². The number of alkyl halides is 2. The lowest BCUT2D eigenvalue weighted by Gasteiger charge is -2.42. The molecule has 4 rings (SSSR count). The molecule has 2 atom stereocenters. The smallest absolute Gasteiger partial charge is 0.315 e. The zero-order valence-electron chi connectivity index (χ0n) is 15.0. The number of carbonyl (C=O) groups excluding carboxylic acids is 1. The van der Waals surface area contributed by atoms with E-state index < -0.39 is 36.1 Å². The maximum Gasteiger partial charge on any atom is 0.315 e. The minimum atomic E-state index is -3.21. The standard InChI is InChI=1S/C20H15F4N3O2/c21-11-3-1-5-15-17(11)18-13(26-20(28)19(23)24)4-2-6-27(18)14-7-10(9-25)12(22)8-16(14)29-15/h1,3,5,7-8,13,18-19H,2,4,6H2,(H,26,28)/t13-,18-/m0/s1. The molecule has 0 spiro atoms. The summed E-state index contributed by atoms with van der Waals surface area (Å²) >= 11 is 0. The van der Waals surface area contributed by atoms with E-state index in [9.17, 15) is 27.6 Å². The van der Waals surface area contributed by atoms with Crippen LogP contribution < -0.4 is 15.0 Å². The summed E-state index contributed by atoms with van der Waals surface area (Å²) in [4.78, 5) is 13.3. The van der Waals surface area contributed by atoms with Gasteiger partial charge in [0.05, 0.1) is 28.9 Å². The Labute approximate surface area is 163 Å². The summed E-state index contributed by atoms with van der Waals surface area (Å²) in [5.74, 6) is -2.69. The average molecular weight is 405 g/mol. The number of fused-ring (bicyclic) bond motifs is 5. The fourth-order valence-electron chi connectivity index (χ4n) is 3.97. The molecule has 1 saturated heterocycles. The Morgan fingerprint density at radius 1 is 1.24 bits per heavy atom. The fourth-order valence-corrected chi connectivity index (χ4v) is 3.97. The summed E-state index contributed by atoms with van der Waals surface area (Å²) < 4.78 is 60.5. The number of piperidine rings is 1. The molecule has 5 nitrogen and oxygen atoms in total. The largest absolute Gasteiger partial charge is 0.455 e. The van der Waals surface area contributed by atoms with Gasteiger partial charge in [0.25, 0.3) is 5.91 Å². The minimum absolute atomic E-state index is 0.0803. The SMILES string of the molecule is N#Cc1cc2c(cc1F)Oc1cccc(F)c1[C@@H]1[C@@H](NC(=O)C(F)F)CCCN21. The number of benzene rings is 2. The van der Waals surface area contributed by atoms with Gasteiger partial charge in [0.15, 0.2) is 5.75 Å². The van der Waals surface area contributed by atoms with Crippen molar-refractivity contribution >= 4 is 11.6 Å². The third kappa shape index (κ3) is 3.24. The maximum absolute atomic E-state index is 14.8. The molecular formula is C20H15F4N3O2. The van der Waals surface area contributed by atoms with Gasteiger partial charge in [-0.1, -0.05) is 6.07 Å². The number of carbonyl (C=O) groups is 1. The summed E-state index contributed by atoms with van der Waals surface area (Å²) in [5.41, 5.74) is 0.192. The van der Waals surface area contributed by atoms with E-state index in [2.05, 4.69) is 5.32 Å². The van der Waals surface area contributed by atoms with Crippen molar-refractivity contribution < 1.29 is 27.1 Å². The number of rotatable bonds is 2. The van der Waals surface area contributed by atoms with Crippen molar-refractivity contribution in [2.75, 3.05) is 11.4 Å². The number of nitrogens with one attached hydrogen (secondary N) is 1. The Morgan fingerprint density at radius 3 is 2.76 bits per heavy atom. The predicted octanol–water partition coefficient (Wildman–Crippen LogP) is 4.03. The van der Waals surface area contributed by atoms with Crippen molar-refractivity contribution in [2.24, 2.45) is 0 Å². The lowest BCUT2D eigenvalue weighted by atomic mass is 9.89. The van der Waals surface area contributed by atoms with Crippen molar-refractivity contribution in [1.29, 1.82) is 5.26 Å². The highest BCUT2D eigenvalue weighted by atomic mass is 19.3. The number of nitriles is 1. The molecule has 2 aliphatic heterocycles. The summed E-state index contributed by atoms with van der Waals surface area (Å²) in [5, 5.41) is 11.5. The zero-order chi connectivity index (χ0) is 20.7. The molecule has 2 aromatic rings. The normalized spacial score (nSPS) is 19.9. The monoisotopic (exact) mass is 405 g/mol. The van der Waals surface area contributed by atoms with Gasteiger partial charge >= 0.3 is 6.43 Å². The zero-order valence-corrected chi connectivity index (χ0v) is 15.0. The van der Waals surface area contributed by atoms with Crippen LogP contribution >= 0.6 is 0 Å². The van der Waals surface area contributed by atoms with Gasteiger partial charge in [0, 0.05) is 12.6 Å². The molecule has 2 aromatic carbocycles. The van der Waals surface area contributed by atoms with Crippen LogP contribution in [-0.4, -0.2) is 24.9 Å². The van der Waals surface area contributed by atoms with Gasteiger partial charge in [-0.25, -0.2) is 8.78 Å². The van der Waals surface area contributed by atoms with Gasteiger partial charge in [-0.3, -0.25) is 4.79 Å². The van der Waals surface area contributed by atoms with Crippen LogP contribution in [0.25, 0.3) is 0 Å². The van der Waals surface area contributed by atoms with Crippen molar-refractivity contribution in [3.63, 3.8) is 0 Å². The highest BCUT2D eigenvalue weighted by Gasteiger charge is 2.41. The predicted molar refractivity (Wildman–Crippen MR) is 94.8 cm³/mol. The Kier molecular flexibility index (Phi) is 4.78. The van der Waals surface area contributed by atoms with Crippen molar-refractivity contribution in [1.82, 2.24) is 5.32 Å². The molecule has 0 aromatic heterocycles. The number of nitrogens with zero attached hydrogens (tertiary/aromatic N) is 2. The van der Waals surface area contributed by atoms with Gasteiger partial charge in [-0.15, -0.1) is 0 Å². The van der Waals surface area contributed by atoms with Gasteiger partial charge in [0.1, 0.15) is 23.5 Å². The summed E-state index contributed by atoms with van der Waals surface area (Å²) in [6.07, 6.45) is -2.36. The van der Waals surface area contributed by atoms with Crippen LogP contribution in [0.1, 0.15) is 30.0 Å². The molecule has 150 valence electrons. The molecular weight excluding hydrogens is 390 g/mol. The van der Waals surface area contributed by atoms with E-state index >= 15 is 0 Å². The van der Waals surface area contributed by atoms with E-state index in [1.807, 2.05) is 0 Å². The molecule has 29 heavy (non-hydrogen) atoms. The van der Waals surface area contributed by atoms with E-state index in [4.69, 9.17) is 4.74 Å². The minimum Gasteiger partial charge on any atom is -0.455 e. The summed E-state index contributed by atoms with van der Waals surface area (Å²) in [7, 11) is 0. The molecule has 1 amide bonds. The molecule has 0 unspecified atom stereocenters. The third-order valence-corrected chi connectivity index (χ3v) is 5.16. The number of ether oxygens (including phenoxy) is 1. The second kappa shape index (κ2) is 7.28. The van der Waals surface area contributed by atoms with Crippen molar-refractivity contribution in [3.05, 3.63) is 53.1 Å². The number of amides is 1. The van der Waals surface area contributed by atoms with Gasteiger partial charge in [0.2, 0.25) is 0 Å². The third-order valence-electron chi connectivity index (χ3n) is 5.16. The molecule has 1 fully saturated rings. The average Bonchev–Trinajstić information content (AvgIpc) is 2.82. The first-order chi connectivity index (χ1) is 13.9. The molecule has 0 bridgehead atoms. The van der Waals surface area contributed by atoms with Crippen molar-refractivity contribution in [3.8, 4) is 17.6 Å². The summed E-state index contributed by atoms with van der Waals surface area (Å²) in [6, 6.07) is 6.51. The molecule has 0 radical (unpaired) electrons. The van der Waals surface area contributed by atoms with Gasteiger partial charge < -0.3 is 15.0 Å². The quantitative estimate of drug-likeness (QED) is 0.767. The Bertz CT molecular complexity index is 1020. The molecule has 0 aliphatic carbocycles. The Hall–Kier alpha value is -3.28. The van der Waals surface area contributed by atoms with E-state index in [0.717, 1.165) is 6.07 Å². The lowest BCUT2D eigenvalue weighted by molar-refractivity contribution is -0.132. The maximum atomic E-state index is 14.8. The lowest BCUT2D eigenvalue weighted by Crippen LogP contribution is -2.51. The number of hydrogen-bond donors (Lipinski definition) is 1. The van der Waals surface area contributed by atoms with Crippen LogP contribution in [0, 0.1) is 23.0 Å². The number of hydrogen-bond acceptors (Lipinski definition) is 4. The molecule has 1 N–H and O–H groups in total. The second-order valence-corrected chi connectivity index (χ2v) is 6.86. The Morgan fingerprint density at radius 2 is 2.03 bits per heavy atom. The van der Waals surface area contributed by atoms with Gasteiger partial charge in [-0.05, 0) is 31.0 Å². The molecule has 2 heterocycles. The molecule has 0 saturated carbocycles. The van der Waals surface area contributed by atoms with Crippen LogP contribution in [0.5, 0.6) is 11.5 Å². The topological polar surface area (TPSA) is 65.4 Å². The molecule has 9 heteroatoms. The van der Waals surface area contributed by atoms with E-state index in [-0.39, 0.29) is 22.6 Å². The van der Waals surface area contributed by atoms with E-state index in [1.165, 1.54) is 24.3 Å². The van der Waals surface area contributed by atoms with Crippen LogP contribution in [0.15, 0.2) is 30.3 Å². The highest BCUT2D eigenvalue weighted by molar-refractivity contribution is 5.80. The second-order valence-electron chi connectivity index (χ2n) is 6.86. The summed E-state index contributed by atoms with van der Waals surface area (Å²) in [6.45, 7) is 0.381. The highest BCUT2D eigenvalue weighted by Crippen LogP contribution is 2.49. The molecule has 2 aliphatic rings. The Balaban J connectivity index is 1.90. The van der Waals surface area contributed by atoms with E-state index in [0.29, 0.717) is 25.1 Å².